The molecule has 3 heteroatoms. The summed E-state index contributed by atoms with van der Waals surface area (Å²) in [6, 6.07) is 47.3. The third kappa shape index (κ3) is 7.28. The minimum absolute atomic E-state index is 0. The van der Waals surface area contributed by atoms with Gasteiger partial charge >= 0.3 is 26.2 Å². The Kier molecular flexibility index (Phi) is 11.7. The van der Waals surface area contributed by atoms with Gasteiger partial charge in [-0.2, -0.15) is 0 Å². The van der Waals surface area contributed by atoms with Gasteiger partial charge in [-0.25, -0.2) is 0 Å². The van der Waals surface area contributed by atoms with Crippen molar-refractivity contribution in [3.63, 3.8) is 0 Å². The van der Waals surface area contributed by atoms with Crippen molar-refractivity contribution in [3.05, 3.63) is 156 Å². The Labute approximate surface area is 239 Å². The van der Waals surface area contributed by atoms with Gasteiger partial charge < -0.3 is 24.8 Å². The minimum Gasteiger partial charge on any atom is -1.00 e. The van der Waals surface area contributed by atoms with Crippen LogP contribution in [0.2, 0.25) is 0 Å². The normalized spacial score (nSPS) is 9.83. The molecule has 0 radical (unpaired) electrons. The van der Waals surface area contributed by atoms with Crippen molar-refractivity contribution in [1.29, 1.82) is 0 Å². The summed E-state index contributed by atoms with van der Waals surface area (Å²) in [6.45, 7) is 0. The summed E-state index contributed by atoms with van der Waals surface area (Å²) < 4.78 is 0. The number of rotatable bonds is 4. The predicted octanol–water partition coefficient (Wildman–Crippen LogP) is 2.30. The largest absolute Gasteiger partial charge is 4.00 e. The van der Waals surface area contributed by atoms with Crippen LogP contribution in [0.5, 0.6) is 0 Å². The van der Waals surface area contributed by atoms with Gasteiger partial charge in [0.1, 0.15) is 0 Å². The Morgan fingerprint density at radius 1 is 0.429 bits per heavy atom. The van der Waals surface area contributed by atoms with Crippen LogP contribution in [0.3, 0.4) is 0 Å². The molecule has 0 aromatic heterocycles. The second-order valence-electron chi connectivity index (χ2n) is 8.22. The molecule has 6 rings (SSSR count). The van der Waals surface area contributed by atoms with Crippen molar-refractivity contribution in [3.8, 4) is 0 Å². The monoisotopic (exact) mass is 570 g/mol. The van der Waals surface area contributed by atoms with Crippen molar-refractivity contribution in [2.75, 3.05) is 0 Å². The Morgan fingerprint density at radius 2 is 0.771 bits per heavy atom. The summed E-state index contributed by atoms with van der Waals surface area (Å²) >= 11 is 0. The van der Waals surface area contributed by atoms with E-state index < -0.39 is 0 Å². The minimum atomic E-state index is 0. The van der Waals surface area contributed by atoms with Gasteiger partial charge in [0, 0.05) is 0 Å². The zero-order valence-corrected chi connectivity index (χ0v) is 23.3. The van der Waals surface area contributed by atoms with E-state index in [2.05, 4.69) is 133 Å². The smallest absolute Gasteiger partial charge is 1.00 e. The van der Waals surface area contributed by atoms with E-state index >= 15 is 0 Å². The van der Waals surface area contributed by atoms with Gasteiger partial charge in [-0.1, -0.05) is 83.9 Å². The first-order valence-electron chi connectivity index (χ1n) is 11.2. The first kappa shape index (κ1) is 28.8. The van der Waals surface area contributed by atoms with Crippen molar-refractivity contribution >= 4 is 21.5 Å². The Morgan fingerprint density at radius 3 is 1.17 bits per heavy atom. The van der Waals surface area contributed by atoms with Crippen LogP contribution in [0.15, 0.2) is 133 Å². The van der Waals surface area contributed by atoms with Crippen LogP contribution in [0.1, 0.15) is 22.3 Å². The molecule has 0 heterocycles. The zero-order chi connectivity index (χ0) is 21.6. The van der Waals surface area contributed by atoms with Crippen LogP contribution in [0, 0.1) is 0 Å². The summed E-state index contributed by atoms with van der Waals surface area (Å²) in [4.78, 5) is 0. The van der Waals surface area contributed by atoms with Gasteiger partial charge in [0.15, 0.2) is 0 Å². The fourth-order valence-electron chi connectivity index (χ4n) is 4.37. The van der Waals surface area contributed by atoms with Crippen LogP contribution >= 0.6 is 0 Å². The number of hydrogen-bond donors (Lipinski definition) is 0. The summed E-state index contributed by atoms with van der Waals surface area (Å²) in [5, 5.41) is 5.44. The van der Waals surface area contributed by atoms with Crippen LogP contribution in [0.25, 0.3) is 21.5 Å². The van der Waals surface area contributed by atoms with Crippen molar-refractivity contribution in [2.45, 2.75) is 12.8 Å². The van der Waals surface area contributed by atoms with Crippen LogP contribution in [-0.2, 0) is 39.0 Å². The predicted molar refractivity (Wildman–Crippen MR) is 138 cm³/mol. The second-order valence-corrected chi connectivity index (χ2v) is 8.22. The molecule has 6 aromatic rings. The van der Waals surface area contributed by atoms with E-state index in [1.54, 1.807) is 0 Å². The summed E-state index contributed by atoms with van der Waals surface area (Å²) in [6.07, 6.45) is 2.04. The standard InChI is InChI=1S/2C16H13.2ClH.Zr/c2*1-2-6-13(7-3-1)12-15-11-10-14-8-4-5-9-16(14)15;;;/h2*1-11H,12H2;2*1H;/q2*-1;;;+4/p-2. The van der Waals surface area contributed by atoms with Crippen LogP contribution in [-0.4, -0.2) is 0 Å². The Balaban J connectivity index is 0.000000227. The molecule has 0 fully saturated rings. The molecule has 0 aliphatic heterocycles. The van der Waals surface area contributed by atoms with Gasteiger partial charge in [-0.15, -0.1) is 93.3 Å². The van der Waals surface area contributed by atoms with Gasteiger partial charge in [-0.05, 0) is 12.8 Å². The topological polar surface area (TPSA) is 0 Å². The molecule has 0 saturated heterocycles. The molecule has 0 spiro atoms. The summed E-state index contributed by atoms with van der Waals surface area (Å²) in [5.74, 6) is 0. The number of benzene rings is 4. The summed E-state index contributed by atoms with van der Waals surface area (Å²) in [7, 11) is 0. The molecule has 172 valence electrons. The van der Waals surface area contributed by atoms with Gasteiger partial charge in [0.05, 0.1) is 0 Å². The van der Waals surface area contributed by atoms with E-state index in [-0.39, 0.29) is 51.0 Å². The third-order valence-electron chi connectivity index (χ3n) is 6.02. The number of hydrogen-bond acceptors (Lipinski definition) is 0. The number of fused-ring (bicyclic) bond motifs is 2. The zero-order valence-electron chi connectivity index (χ0n) is 19.4. The maximum absolute atomic E-state index is 2.23. The number of halogens is 2. The average molecular weight is 573 g/mol. The van der Waals surface area contributed by atoms with Crippen molar-refractivity contribution < 1.29 is 51.0 Å². The molecule has 0 saturated carbocycles. The molecule has 6 aromatic carbocycles. The fraction of sp³-hybridized carbons (Fsp3) is 0.0625. The molecule has 0 aliphatic carbocycles. The second kappa shape index (κ2) is 14.2. The average Bonchev–Trinajstić information content (AvgIpc) is 3.45. The van der Waals surface area contributed by atoms with Crippen molar-refractivity contribution in [1.82, 2.24) is 0 Å². The molecule has 0 atom stereocenters. The SMILES string of the molecule is [Cl-].[Cl-].[Zr+4].c1ccc(Cc2c[cH-]c3ccccc23)cc1.c1ccc(Cc2c[cH-]c3ccccc23)cc1. The van der Waals surface area contributed by atoms with E-state index in [9.17, 15) is 0 Å². The van der Waals surface area contributed by atoms with Gasteiger partial charge in [-0.3, -0.25) is 0 Å². The van der Waals surface area contributed by atoms with Gasteiger partial charge in [0.2, 0.25) is 0 Å². The molecule has 35 heavy (non-hydrogen) atoms. The Hall–Kier alpha value is -2.44. The maximum Gasteiger partial charge on any atom is 4.00 e. The van der Waals surface area contributed by atoms with E-state index in [0.717, 1.165) is 12.8 Å². The van der Waals surface area contributed by atoms with E-state index in [4.69, 9.17) is 0 Å². The van der Waals surface area contributed by atoms with Crippen LogP contribution in [0.4, 0.5) is 0 Å². The first-order chi connectivity index (χ1) is 15.9. The fourth-order valence-corrected chi connectivity index (χ4v) is 4.37. The quantitative estimate of drug-likeness (QED) is 0.285. The molecular weight excluding hydrogens is 546 g/mol. The van der Waals surface area contributed by atoms with E-state index in [0.29, 0.717) is 0 Å². The molecule has 0 amide bonds. The summed E-state index contributed by atoms with van der Waals surface area (Å²) in [5.41, 5.74) is 5.58. The molecule has 0 bridgehead atoms. The molecule has 0 aliphatic rings. The first-order valence-corrected chi connectivity index (χ1v) is 11.2. The van der Waals surface area contributed by atoms with E-state index in [1.165, 1.54) is 43.8 Å². The molecule has 0 nitrogen and oxygen atoms in total. The third-order valence-corrected chi connectivity index (χ3v) is 6.02. The molecule has 0 N–H and O–H groups in total. The van der Waals surface area contributed by atoms with Crippen molar-refractivity contribution in [2.24, 2.45) is 0 Å². The maximum atomic E-state index is 2.23. The van der Waals surface area contributed by atoms with Crippen LogP contribution < -0.4 is 24.8 Å². The Bertz CT molecular complexity index is 1300. The van der Waals surface area contributed by atoms with E-state index in [1.807, 2.05) is 0 Å². The van der Waals surface area contributed by atoms with Gasteiger partial charge in [0.25, 0.3) is 0 Å². The molecular formula is C32H26Cl2Zr. The molecule has 0 unspecified atom stereocenters.